The Hall–Kier alpha value is -0.860. The highest BCUT2D eigenvalue weighted by Gasteiger charge is 2.19. The average molecular weight is 277 g/mol. The monoisotopic (exact) mass is 277 g/mol. The molecule has 1 aromatic rings. The van der Waals surface area contributed by atoms with E-state index in [4.69, 9.17) is 4.74 Å². The topological polar surface area (TPSA) is 21.3 Å². The minimum atomic E-state index is -0.0551. The zero-order chi connectivity index (χ0) is 15.4. The SMILES string of the molecule is CCC(C)(C)OCC(NC)c1ccc(C(C)(C)C)cc1. The van der Waals surface area contributed by atoms with Gasteiger partial charge in [0.15, 0.2) is 0 Å². The van der Waals surface area contributed by atoms with Crippen molar-refractivity contribution in [2.45, 2.75) is 65.0 Å². The van der Waals surface area contributed by atoms with Gasteiger partial charge in [0.05, 0.1) is 18.2 Å². The first-order valence-electron chi connectivity index (χ1n) is 7.61. The summed E-state index contributed by atoms with van der Waals surface area (Å²) in [6, 6.07) is 9.12. The summed E-state index contributed by atoms with van der Waals surface area (Å²) in [5.41, 5.74) is 2.80. The lowest BCUT2D eigenvalue weighted by Crippen LogP contribution is -2.30. The minimum absolute atomic E-state index is 0.0551. The highest BCUT2D eigenvalue weighted by Crippen LogP contribution is 2.25. The summed E-state index contributed by atoms with van der Waals surface area (Å²) >= 11 is 0. The van der Waals surface area contributed by atoms with E-state index in [0.29, 0.717) is 6.61 Å². The third-order valence-electron chi connectivity index (χ3n) is 4.02. The average Bonchev–Trinajstić information content (AvgIpc) is 2.39. The third kappa shape index (κ3) is 4.92. The summed E-state index contributed by atoms with van der Waals surface area (Å²) in [6.45, 7) is 13.9. The maximum Gasteiger partial charge on any atom is 0.0668 e. The first kappa shape index (κ1) is 17.2. The van der Waals surface area contributed by atoms with E-state index in [1.807, 2.05) is 7.05 Å². The molecule has 2 heteroatoms. The van der Waals surface area contributed by atoms with E-state index < -0.39 is 0 Å². The van der Waals surface area contributed by atoms with Gasteiger partial charge >= 0.3 is 0 Å². The summed E-state index contributed by atoms with van der Waals surface area (Å²) in [4.78, 5) is 0. The molecule has 0 bridgehead atoms. The van der Waals surface area contributed by atoms with E-state index in [1.165, 1.54) is 11.1 Å². The van der Waals surface area contributed by atoms with Gasteiger partial charge in [-0.3, -0.25) is 0 Å². The van der Waals surface area contributed by atoms with Crippen molar-refractivity contribution in [3.05, 3.63) is 35.4 Å². The molecule has 114 valence electrons. The van der Waals surface area contributed by atoms with Gasteiger partial charge in [0.2, 0.25) is 0 Å². The Morgan fingerprint density at radius 1 is 1.05 bits per heavy atom. The lowest BCUT2D eigenvalue weighted by atomic mass is 9.86. The van der Waals surface area contributed by atoms with Crippen molar-refractivity contribution in [2.24, 2.45) is 0 Å². The zero-order valence-corrected chi connectivity index (χ0v) is 14.2. The number of hydrogen-bond donors (Lipinski definition) is 1. The number of nitrogens with one attached hydrogen (secondary N) is 1. The molecule has 0 saturated carbocycles. The molecule has 0 spiro atoms. The lowest BCUT2D eigenvalue weighted by Gasteiger charge is -2.27. The molecule has 0 radical (unpaired) electrons. The van der Waals surface area contributed by atoms with Crippen molar-refractivity contribution in [1.82, 2.24) is 5.32 Å². The second-order valence-corrected chi connectivity index (χ2v) is 7.14. The molecule has 1 aromatic carbocycles. The van der Waals surface area contributed by atoms with Crippen LogP contribution in [0.5, 0.6) is 0 Å². The Kier molecular flexibility index (Phi) is 5.79. The normalized spacial score (nSPS) is 14.3. The van der Waals surface area contributed by atoms with Crippen molar-refractivity contribution < 1.29 is 4.74 Å². The van der Waals surface area contributed by atoms with E-state index in [1.54, 1.807) is 0 Å². The van der Waals surface area contributed by atoms with Crippen LogP contribution in [0, 0.1) is 0 Å². The van der Waals surface area contributed by atoms with Gasteiger partial charge in [-0.25, -0.2) is 0 Å². The van der Waals surface area contributed by atoms with Gasteiger partial charge in [0.25, 0.3) is 0 Å². The van der Waals surface area contributed by atoms with E-state index in [2.05, 4.69) is 71.1 Å². The predicted molar refractivity (Wildman–Crippen MR) is 87.3 cm³/mol. The van der Waals surface area contributed by atoms with Crippen LogP contribution >= 0.6 is 0 Å². The molecule has 0 heterocycles. The van der Waals surface area contributed by atoms with Crippen molar-refractivity contribution in [3.63, 3.8) is 0 Å². The Morgan fingerprint density at radius 3 is 2.00 bits per heavy atom. The Labute approximate surface area is 124 Å². The van der Waals surface area contributed by atoms with Gasteiger partial charge < -0.3 is 10.1 Å². The summed E-state index contributed by atoms with van der Waals surface area (Å²) < 4.78 is 6.02. The molecular weight excluding hydrogens is 246 g/mol. The second-order valence-electron chi connectivity index (χ2n) is 7.14. The quantitative estimate of drug-likeness (QED) is 0.829. The zero-order valence-electron chi connectivity index (χ0n) is 14.2. The number of benzene rings is 1. The van der Waals surface area contributed by atoms with Crippen LogP contribution in [0.1, 0.15) is 65.1 Å². The Bertz CT molecular complexity index is 400. The molecule has 2 nitrogen and oxygen atoms in total. The van der Waals surface area contributed by atoms with E-state index in [9.17, 15) is 0 Å². The van der Waals surface area contributed by atoms with Crippen LogP contribution in [0.2, 0.25) is 0 Å². The molecule has 0 aromatic heterocycles. The second kappa shape index (κ2) is 6.73. The van der Waals surface area contributed by atoms with Crippen LogP contribution in [0.4, 0.5) is 0 Å². The highest BCUT2D eigenvalue weighted by atomic mass is 16.5. The van der Waals surface area contributed by atoms with Crippen LogP contribution < -0.4 is 5.32 Å². The summed E-state index contributed by atoms with van der Waals surface area (Å²) in [5.74, 6) is 0. The molecule has 0 aliphatic rings. The molecule has 1 N–H and O–H groups in total. The van der Waals surface area contributed by atoms with E-state index in [0.717, 1.165) is 6.42 Å². The maximum absolute atomic E-state index is 6.02. The third-order valence-corrected chi connectivity index (χ3v) is 4.02. The first-order chi connectivity index (χ1) is 9.19. The number of likely N-dealkylation sites (N-methyl/N-ethyl adjacent to an activating group) is 1. The molecule has 0 aliphatic carbocycles. The van der Waals surface area contributed by atoms with Crippen molar-refractivity contribution in [1.29, 1.82) is 0 Å². The van der Waals surface area contributed by atoms with Crippen LogP contribution in [0.15, 0.2) is 24.3 Å². The molecule has 1 unspecified atom stereocenters. The molecular formula is C18H31NO. The maximum atomic E-state index is 6.02. The van der Waals surface area contributed by atoms with Crippen molar-refractivity contribution >= 4 is 0 Å². The minimum Gasteiger partial charge on any atom is -0.374 e. The van der Waals surface area contributed by atoms with Crippen LogP contribution in [-0.2, 0) is 10.2 Å². The largest absolute Gasteiger partial charge is 0.374 e. The predicted octanol–water partition coefficient (Wildman–Crippen LogP) is 4.45. The van der Waals surface area contributed by atoms with Crippen LogP contribution in [-0.4, -0.2) is 19.3 Å². The Balaban J connectivity index is 2.76. The lowest BCUT2D eigenvalue weighted by molar-refractivity contribution is -0.0300. The van der Waals surface area contributed by atoms with Gasteiger partial charge in [0, 0.05) is 0 Å². The van der Waals surface area contributed by atoms with Crippen molar-refractivity contribution in [2.75, 3.05) is 13.7 Å². The Morgan fingerprint density at radius 2 is 1.60 bits per heavy atom. The first-order valence-corrected chi connectivity index (χ1v) is 7.61. The number of hydrogen-bond acceptors (Lipinski definition) is 2. The molecule has 0 aliphatic heterocycles. The molecule has 0 amide bonds. The molecule has 20 heavy (non-hydrogen) atoms. The van der Waals surface area contributed by atoms with Crippen LogP contribution in [0.25, 0.3) is 0 Å². The fourth-order valence-corrected chi connectivity index (χ4v) is 1.97. The number of rotatable bonds is 6. The summed E-state index contributed by atoms with van der Waals surface area (Å²) in [6.07, 6.45) is 1.02. The summed E-state index contributed by atoms with van der Waals surface area (Å²) in [7, 11) is 1.99. The van der Waals surface area contributed by atoms with E-state index >= 15 is 0 Å². The molecule has 0 fully saturated rings. The van der Waals surface area contributed by atoms with Crippen molar-refractivity contribution in [3.8, 4) is 0 Å². The van der Waals surface area contributed by atoms with Gasteiger partial charge in [-0.2, -0.15) is 0 Å². The van der Waals surface area contributed by atoms with Crippen LogP contribution in [0.3, 0.4) is 0 Å². The fourth-order valence-electron chi connectivity index (χ4n) is 1.97. The van der Waals surface area contributed by atoms with Gasteiger partial charge in [-0.05, 0) is 43.9 Å². The summed E-state index contributed by atoms with van der Waals surface area (Å²) in [5, 5.41) is 3.35. The highest BCUT2D eigenvalue weighted by molar-refractivity contribution is 5.29. The fraction of sp³-hybridized carbons (Fsp3) is 0.667. The van der Waals surface area contributed by atoms with Gasteiger partial charge in [0.1, 0.15) is 0 Å². The molecule has 0 saturated heterocycles. The van der Waals surface area contributed by atoms with E-state index in [-0.39, 0.29) is 17.1 Å². The van der Waals surface area contributed by atoms with Gasteiger partial charge in [-0.15, -0.1) is 0 Å². The smallest absolute Gasteiger partial charge is 0.0668 e. The number of ether oxygens (including phenoxy) is 1. The van der Waals surface area contributed by atoms with Gasteiger partial charge in [-0.1, -0.05) is 52.0 Å². The standard InChI is InChI=1S/C18H31NO/c1-8-18(5,6)20-13-16(19-7)14-9-11-15(12-10-14)17(2,3)4/h9-12,16,19H,8,13H2,1-7H3. The molecule has 1 atom stereocenters. The molecule has 1 rings (SSSR count).